The molecule has 3 rings (SSSR count). The van der Waals surface area contributed by atoms with Crippen LogP contribution in [0.5, 0.6) is 5.75 Å². The molecule has 6 heteroatoms. The van der Waals surface area contributed by atoms with Crippen molar-refractivity contribution < 1.29 is 14.3 Å². The second-order valence-corrected chi connectivity index (χ2v) is 5.70. The summed E-state index contributed by atoms with van der Waals surface area (Å²) in [6.45, 7) is 1.91. The van der Waals surface area contributed by atoms with Gasteiger partial charge in [0, 0.05) is 0 Å². The van der Waals surface area contributed by atoms with Gasteiger partial charge in [0.05, 0.1) is 5.56 Å². The van der Waals surface area contributed by atoms with E-state index >= 15 is 0 Å². The highest BCUT2D eigenvalue weighted by atomic mass is 32.1. The summed E-state index contributed by atoms with van der Waals surface area (Å²) in [6.07, 6.45) is 1.67. The van der Waals surface area contributed by atoms with Gasteiger partial charge in [0.2, 0.25) is 0 Å². The average molecular weight is 338 g/mol. The molecular weight excluding hydrogens is 324 g/mol. The highest BCUT2D eigenvalue weighted by Gasteiger charge is 2.19. The molecule has 1 heterocycles. The number of amides is 1. The zero-order valence-corrected chi connectivity index (χ0v) is 13.6. The average Bonchev–Trinajstić information content (AvgIpc) is 2.87. The van der Waals surface area contributed by atoms with Crippen LogP contribution in [0.25, 0.3) is 6.08 Å². The minimum absolute atomic E-state index is 0.269. The van der Waals surface area contributed by atoms with Crippen molar-refractivity contribution in [3.8, 4) is 5.75 Å². The monoisotopic (exact) mass is 338 g/mol. The van der Waals surface area contributed by atoms with E-state index in [-0.39, 0.29) is 11.0 Å². The molecule has 0 aromatic heterocycles. The van der Waals surface area contributed by atoms with Crippen LogP contribution >= 0.6 is 12.2 Å². The molecular formula is C18H14N2O3S. The third-order valence-electron chi connectivity index (χ3n) is 3.38. The van der Waals surface area contributed by atoms with E-state index in [9.17, 15) is 9.59 Å². The largest absolute Gasteiger partial charge is 0.423 e. The Labute approximate surface area is 144 Å². The Morgan fingerprint density at radius 1 is 1.12 bits per heavy atom. The molecule has 0 atom stereocenters. The molecule has 2 aromatic carbocycles. The van der Waals surface area contributed by atoms with Crippen LogP contribution in [-0.4, -0.2) is 17.0 Å². The van der Waals surface area contributed by atoms with Crippen molar-refractivity contribution in [1.82, 2.24) is 10.6 Å². The van der Waals surface area contributed by atoms with Crippen molar-refractivity contribution in [2.24, 2.45) is 0 Å². The molecule has 1 saturated heterocycles. The molecule has 1 fully saturated rings. The van der Waals surface area contributed by atoms with E-state index in [1.165, 1.54) is 0 Å². The van der Waals surface area contributed by atoms with Gasteiger partial charge in [-0.15, -0.1) is 0 Å². The van der Waals surface area contributed by atoms with Crippen molar-refractivity contribution >= 4 is 35.3 Å². The first-order valence-electron chi connectivity index (χ1n) is 7.24. The van der Waals surface area contributed by atoms with Gasteiger partial charge >= 0.3 is 5.97 Å². The first-order chi connectivity index (χ1) is 11.5. The van der Waals surface area contributed by atoms with Crippen molar-refractivity contribution in [3.05, 3.63) is 70.9 Å². The lowest BCUT2D eigenvalue weighted by Gasteiger charge is -2.05. The highest BCUT2D eigenvalue weighted by molar-refractivity contribution is 7.80. The summed E-state index contributed by atoms with van der Waals surface area (Å²) in [4.78, 5) is 23.7. The summed E-state index contributed by atoms with van der Waals surface area (Å²) in [5.74, 6) is -0.245. The molecule has 0 unspecified atom stereocenters. The Morgan fingerprint density at radius 3 is 2.50 bits per heavy atom. The van der Waals surface area contributed by atoms with E-state index in [2.05, 4.69) is 10.6 Å². The van der Waals surface area contributed by atoms with E-state index in [1.54, 1.807) is 42.5 Å². The molecule has 2 aromatic rings. The van der Waals surface area contributed by atoms with Gasteiger partial charge < -0.3 is 10.1 Å². The third kappa shape index (κ3) is 3.67. The van der Waals surface area contributed by atoms with Gasteiger partial charge in [-0.05, 0) is 55.0 Å². The smallest absolute Gasteiger partial charge is 0.343 e. The van der Waals surface area contributed by atoms with Crippen LogP contribution in [0.15, 0.2) is 54.2 Å². The number of ether oxygens (including phenoxy) is 1. The molecule has 5 nitrogen and oxygen atoms in total. The molecule has 0 saturated carbocycles. The molecule has 2 N–H and O–H groups in total. The molecule has 0 aliphatic carbocycles. The quantitative estimate of drug-likeness (QED) is 0.390. The Kier molecular flexibility index (Phi) is 4.39. The normalized spacial score (nSPS) is 15.1. The van der Waals surface area contributed by atoms with Crippen LogP contribution in [0.1, 0.15) is 21.5 Å². The van der Waals surface area contributed by atoms with Crippen LogP contribution in [0.4, 0.5) is 0 Å². The molecule has 0 radical (unpaired) electrons. The van der Waals surface area contributed by atoms with Gasteiger partial charge in [-0.25, -0.2) is 4.79 Å². The number of hydrogen-bond acceptors (Lipinski definition) is 4. The van der Waals surface area contributed by atoms with Crippen LogP contribution in [0.2, 0.25) is 0 Å². The van der Waals surface area contributed by atoms with Gasteiger partial charge in [0.15, 0.2) is 5.11 Å². The van der Waals surface area contributed by atoms with E-state index in [1.807, 2.05) is 19.1 Å². The van der Waals surface area contributed by atoms with Crippen LogP contribution in [0.3, 0.4) is 0 Å². The standard InChI is InChI=1S/C18H14N2O3S/c1-11-3-2-4-13(9-11)17(22)23-14-7-5-12(6-8-14)10-15-16(21)20-18(24)19-15/h2-10H,1H3,(H2,19,20,21,24). The maximum atomic E-state index is 12.1. The zero-order valence-electron chi connectivity index (χ0n) is 12.8. The Balaban J connectivity index is 1.71. The van der Waals surface area contributed by atoms with Gasteiger partial charge in [-0.2, -0.15) is 0 Å². The number of aryl methyl sites for hydroxylation is 1. The maximum absolute atomic E-state index is 12.1. The summed E-state index contributed by atoms with van der Waals surface area (Å²) in [6, 6.07) is 14.1. The van der Waals surface area contributed by atoms with E-state index in [0.717, 1.165) is 11.1 Å². The fraction of sp³-hybridized carbons (Fsp3) is 0.0556. The number of benzene rings is 2. The van der Waals surface area contributed by atoms with Gasteiger partial charge in [-0.1, -0.05) is 29.8 Å². The number of carbonyl (C=O) groups excluding carboxylic acids is 2. The minimum Gasteiger partial charge on any atom is -0.423 e. The minimum atomic E-state index is -0.410. The first-order valence-corrected chi connectivity index (χ1v) is 7.65. The number of nitrogens with one attached hydrogen (secondary N) is 2. The summed E-state index contributed by atoms with van der Waals surface area (Å²) < 4.78 is 5.34. The molecule has 0 spiro atoms. The lowest BCUT2D eigenvalue weighted by Crippen LogP contribution is -2.21. The SMILES string of the molecule is Cc1cccc(C(=O)Oc2ccc(C=C3NC(=S)NC3=O)cc2)c1. The number of hydrogen-bond donors (Lipinski definition) is 2. The Hall–Kier alpha value is -2.99. The van der Waals surface area contributed by atoms with Crippen molar-refractivity contribution in [2.75, 3.05) is 0 Å². The number of esters is 1. The van der Waals surface area contributed by atoms with Gasteiger partial charge in [-0.3, -0.25) is 10.1 Å². The lowest BCUT2D eigenvalue weighted by molar-refractivity contribution is -0.115. The number of thiocarbonyl (C=S) groups is 1. The molecule has 24 heavy (non-hydrogen) atoms. The predicted molar refractivity (Wildman–Crippen MR) is 94.4 cm³/mol. The summed E-state index contributed by atoms with van der Waals surface area (Å²) >= 11 is 4.87. The second-order valence-electron chi connectivity index (χ2n) is 5.29. The van der Waals surface area contributed by atoms with Crippen molar-refractivity contribution in [3.63, 3.8) is 0 Å². The predicted octanol–water partition coefficient (Wildman–Crippen LogP) is 2.56. The summed E-state index contributed by atoms with van der Waals surface area (Å²) in [7, 11) is 0. The zero-order chi connectivity index (χ0) is 17.1. The van der Waals surface area contributed by atoms with Crippen molar-refractivity contribution in [2.45, 2.75) is 6.92 Å². The van der Waals surface area contributed by atoms with Gasteiger partial charge in [0.1, 0.15) is 11.4 Å². The summed E-state index contributed by atoms with van der Waals surface area (Å²) in [5, 5.41) is 5.55. The van der Waals surface area contributed by atoms with E-state index < -0.39 is 5.97 Å². The fourth-order valence-electron chi connectivity index (χ4n) is 2.22. The third-order valence-corrected chi connectivity index (χ3v) is 3.58. The van der Waals surface area contributed by atoms with Crippen LogP contribution in [0, 0.1) is 6.92 Å². The van der Waals surface area contributed by atoms with Gasteiger partial charge in [0.25, 0.3) is 5.91 Å². The molecule has 1 aliphatic heterocycles. The van der Waals surface area contributed by atoms with E-state index in [4.69, 9.17) is 17.0 Å². The molecule has 1 aliphatic rings. The Morgan fingerprint density at radius 2 is 1.88 bits per heavy atom. The van der Waals surface area contributed by atoms with E-state index in [0.29, 0.717) is 17.0 Å². The fourth-order valence-corrected chi connectivity index (χ4v) is 2.42. The second kappa shape index (κ2) is 6.64. The first kappa shape index (κ1) is 15.9. The van der Waals surface area contributed by atoms with Crippen LogP contribution < -0.4 is 15.4 Å². The number of carbonyl (C=O) groups is 2. The molecule has 120 valence electrons. The lowest BCUT2D eigenvalue weighted by atomic mass is 10.1. The molecule has 1 amide bonds. The van der Waals surface area contributed by atoms with Crippen LogP contribution in [-0.2, 0) is 4.79 Å². The number of rotatable bonds is 3. The molecule has 0 bridgehead atoms. The topological polar surface area (TPSA) is 67.4 Å². The Bertz CT molecular complexity index is 857. The highest BCUT2D eigenvalue weighted by Crippen LogP contribution is 2.17. The maximum Gasteiger partial charge on any atom is 0.343 e. The summed E-state index contributed by atoms with van der Waals surface area (Å²) in [5.41, 5.74) is 2.66. The van der Waals surface area contributed by atoms with Crippen molar-refractivity contribution in [1.29, 1.82) is 0 Å².